The van der Waals surface area contributed by atoms with Crippen LogP contribution in [0.15, 0.2) is 85.1 Å². The SMILES string of the molecule is CC/C=C\C/C=C\C/C=C\C/C=C\C/C=C\C/C=C\C/C=C\CCCCCCCCCCCC(=O)OCC(COC(=O)CCCCCCCC)OC(=O)CCCCCCCCCCCCCCCCCCCCC. The van der Waals surface area contributed by atoms with Crippen molar-refractivity contribution < 1.29 is 28.6 Å². The molecule has 0 spiro atoms. The van der Waals surface area contributed by atoms with Gasteiger partial charge in [0.1, 0.15) is 13.2 Å². The van der Waals surface area contributed by atoms with Crippen molar-refractivity contribution in [1.29, 1.82) is 0 Å². The first kappa shape index (κ1) is 70.6. The van der Waals surface area contributed by atoms with Gasteiger partial charge in [0.05, 0.1) is 0 Å². The first-order valence-electron chi connectivity index (χ1n) is 31.6. The molecule has 0 saturated heterocycles. The average molecular weight is 1030 g/mol. The summed E-state index contributed by atoms with van der Waals surface area (Å²) in [6.45, 7) is 6.49. The zero-order valence-electron chi connectivity index (χ0n) is 48.8. The van der Waals surface area contributed by atoms with E-state index in [9.17, 15) is 14.4 Å². The van der Waals surface area contributed by atoms with E-state index >= 15 is 0 Å². The van der Waals surface area contributed by atoms with Crippen LogP contribution in [-0.2, 0) is 28.6 Å². The van der Waals surface area contributed by atoms with Gasteiger partial charge in [-0.1, -0.05) is 298 Å². The number of carbonyl (C=O) groups is 3. The molecule has 0 fully saturated rings. The van der Waals surface area contributed by atoms with E-state index < -0.39 is 6.10 Å². The quantitative estimate of drug-likeness (QED) is 0.0261. The molecule has 0 N–H and O–H groups in total. The Morgan fingerprint density at radius 2 is 0.527 bits per heavy atom. The fraction of sp³-hybridized carbons (Fsp3) is 0.750. The minimum absolute atomic E-state index is 0.0748. The van der Waals surface area contributed by atoms with Crippen molar-refractivity contribution >= 4 is 17.9 Å². The predicted molar refractivity (Wildman–Crippen MR) is 321 cm³/mol. The molecule has 6 heteroatoms. The van der Waals surface area contributed by atoms with E-state index in [-0.39, 0.29) is 31.1 Å². The molecule has 0 heterocycles. The Morgan fingerprint density at radius 1 is 0.284 bits per heavy atom. The van der Waals surface area contributed by atoms with E-state index in [1.807, 2.05) is 0 Å². The number of carbonyl (C=O) groups excluding carboxylic acids is 3. The molecule has 1 atom stereocenters. The Labute approximate surface area is 458 Å². The van der Waals surface area contributed by atoms with Crippen molar-refractivity contribution in [3.8, 4) is 0 Å². The van der Waals surface area contributed by atoms with Crippen LogP contribution in [0, 0.1) is 0 Å². The molecule has 0 rings (SSSR count). The highest BCUT2D eigenvalue weighted by atomic mass is 16.6. The van der Waals surface area contributed by atoms with Crippen LogP contribution in [0.25, 0.3) is 0 Å². The van der Waals surface area contributed by atoms with Gasteiger partial charge >= 0.3 is 17.9 Å². The molecular weight excluding hydrogens is 913 g/mol. The maximum atomic E-state index is 12.8. The standard InChI is InChI=1S/C68H118O6/c1-4-7-10-13-16-18-20-22-24-26-28-29-30-31-32-33-34-35-36-37-38-39-41-42-44-46-48-50-52-55-58-61-67(70)73-64-65(63-72-66(69)60-57-54-15-12-9-6-3)74-68(71)62-59-56-53-51-49-47-45-43-40-27-25-23-21-19-17-14-11-8-5-2/h7,10,16,18,22,24,28-29,31-32,34-35,37-38,65H,4-6,8-9,11-15,17,19-21,23,25-27,30,33,36,39-64H2,1-3H3/b10-7-,18-16-,24-22-,29-28-,32-31-,35-34-,38-37-. The third kappa shape index (κ3) is 59.5. The lowest BCUT2D eigenvalue weighted by Crippen LogP contribution is -2.30. The van der Waals surface area contributed by atoms with E-state index in [2.05, 4.69) is 106 Å². The van der Waals surface area contributed by atoms with E-state index in [0.29, 0.717) is 19.3 Å². The van der Waals surface area contributed by atoms with Crippen LogP contribution in [0.2, 0.25) is 0 Å². The molecule has 0 amide bonds. The lowest BCUT2D eigenvalue weighted by molar-refractivity contribution is -0.167. The van der Waals surface area contributed by atoms with Gasteiger partial charge in [-0.3, -0.25) is 14.4 Å². The Hall–Kier alpha value is -3.41. The molecule has 0 aliphatic heterocycles. The van der Waals surface area contributed by atoms with Crippen molar-refractivity contribution in [2.24, 2.45) is 0 Å². The van der Waals surface area contributed by atoms with E-state index in [1.54, 1.807) is 0 Å². The van der Waals surface area contributed by atoms with Crippen molar-refractivity contribution in [3.05, 3.63) is 85.1 Å². The van der Waals surface area contributed by atoms with E-state index in [4.69, 9.17) is 14.2 Å². The Morgan fingerprint density at radius 3 is 0.824 bits per heavy atom. The molecule has 0 radical (unpaired) electrons. The summed E-state index contributed by atoms with van der Waals surface area (Å²) in [6, 6.07) is 0. The molecule has 74 heavy (non-hydrogen) atoms. The summed E-state index contributed by atoms with van der Waals surface area (Å²) in [4.78, 5) is 38.0. The van der Waals surface area contributed by atoms with Crippen LogP contribution in [-0.4, -0.2) is 37.2 Å². The summed E-state index contributed by atoms with van der Waals surface area (Å²) in [7, 11) is 0. The number of esters is 3. The van der Waals surface area contributed by atoms with Gasteiger partial charge in [-0.05, 0) is 77.0 Å². The normalized spacial score (nSPS) is 12.6. The molecule has 0 aromatic heterocycles. The molecule has 0 aromatic carbocycles. The molecule has 6 nitrogen and oxygen atoms in total. The topological polar surface area (TPSA) is 78.9 Å². The summed E-state index contributed by atoms with van der Waals surface area (Å²) in [5.41, 5.74) is 0. The third-order valence-electron chi connectivity index (χ3n) is 13.7. The van der Waals surface area contributed by atoms with Crippen molar-refractivity contribution in [1.82, 2.24) is 0 Å². The third-order valence-corrected chi connectivity index (χ3v) is 13.7. The van der Waals surface area contributed by atoms with Crippen molar-refractivity contribution in [3.63, 3.8) is 0 Å². The second-order valence-electron chi connectivity index (χ2n) is 21.0. The first-order chi connectivity index (χ1) is 36.5. The lowest BCUT2D eigenvalue weighted by Gasteiger charge is -2.18. The van der Waals surface area contributed by atoms with Crippen LogP contribution in [0.1, 0.15) is 310 Å². The van der Waals surface area contributed by atoms with Gasteiger partial charge in [-0.15, -0.1) is 0 Å². The molecule has 0 aromatic rings. The van der Waals surface area contributed by atoms with Crippen LogP contribution in [0.5, 0.6) is 0 Å². The fourth-order valence-electron chi connectivity index (χ4n) is 8.95. The molecular formula is C68H118O6. The molecule has 0 aliphatic rings. The number of allylic oxidation sites excluding steroid dienone is 14. The van der Waals surface area contributed by atoms with Crippen LogP contribution in [0.4, 0.5) is 0 Å². The number of unbranched alkanes of at least 4 members (excludes halogenated alkanes) is 32. The largest absolute Gasteiger partial charge is 0.462 e. The Bertz CT molecular complexity index is 1420. The van der Waals surface area contributed by atoms with Crippen molar-refractivity contribution in [2.75, 3.05) is 13.2 Å². The van der Waals surface area contributed by atoms with Gasteiger partial charge in [0, 0.05) is 19.3 Å². The first-order valence-corrected chi connectivity index (χ1v) is 31.6. The smallest absolute Gasteiger partial charge is 0.306 e. The summed E-state index contributed by atoms with van der Waals surface area (Å²) < 4.78 is 16.8. The number of rotatable bonds is 57. The highest BCUT2D eigenvalue weighted by Gasteiger charge is 2.19. The molecule has 0 bridgehead atoms. The van der Waals surface area contributed by atoms with Crippen LogP contribution in [0.3, 0.4) is 0 Å². The summed E-state index contributed by atoms with van der Waals surface area (Å²) in [5.74, 6) is -0.878. The number of hydrogen-bond donors (Lipinski definition) is 0. The zero-order valence-corrected chi connectivity index (χ0v) is 48.8. The summed E-state index contributed by atoms with van der Waals surface area (Å²) in [6.07, 6.45) is 81.9. The van der Waals surface area contributed by atoms with E-state index in [0.717, 1.165) is 109 Å². The Kier molecular flexibility index (Phi) is 59.3. The lowest BCUT2D eigenvalue weighted by atomic mass is 10.0. The predicted octanol–water partition coefficient (Wildman–Crippen LogP) is 21.5. The highest BCUT2D eigenvalue weighted by Crippen LogP contribution is 2.17. The van der Waals surface area contributed by atoms with Gasteiger partial charge < -0.3 is 14.2 Å². The molecule has 0 saturated carbocycles. The fourth-order valence-corrected chi connectivity index (χ4v) is 8.95. The second kappa shape index (κ2) is 62.1. The Balaban J connectivity index is 4.09. The second-order valence-corrected chi connectivity index (χ2v) is 21.0. The number of hydrogen-bond acceptors (Lipinski definition) is 6. The minimum atomic E-state index is -0.773. The summed E-state index contributed by atoms with van der Waals surface area (Å²) in [5, 5.41) is 0. The monoisotopic (exact) mass is 1030 g/mol. The molecule has 0 aliphatic carbocycles. The molecule has 426 valence electrons. The maximum Gasteiger partial charge on any atom is 0.306 e. The minimum Gasteiger partial charge on any atom is -0.462 e. The highest BCUT2D eigenvalue weighted by molar-refractivity contribution is 5.71. The summed E-state index contributed by atoms with van der Waals surface area (Å²) >= 11 is 0. The van der Waals surface area contributed by atoms with Gasteiger partial charge in [0.2, 0.25) is 0 Å². The van der Waals surface area contributed by atoms with Gasteiger partial charge in [0.25, 0.3) is 0 Å². The van der Waals surface area contributed by atoms with E-state index in [1.165, 1.54) is 161 Å². The maximum absolute atomic E-state index is 12.8. The zero-order chi connectivity index (χ0) is 53.6. The van der Waals surface area contributed by atoms with Gasteiger partial charge in [-0.2, -0.15) is 0 Å². The van der Waals surface area contributed by atoms with Gasteiger partial charge in [-0.25, -0.2) is 0 Å². The average Bonchev–Trinajstić information content (AvgIpc) is 3.40. The number of ether oxygens (including phenoxy) is 3. The van der Waals surface area contributed by atoms with Crippen LogP contribution < -0.4 is 0 Å². The van der Waals surface area contributed by atoms with Gasteiger partial charge in [0.15, 0.2) is 6.10 Å². The van der Waals surface area contributed by atoms with Crippen molar-refractivity contribution in [2.45, 2.75) is 316 Å². The molecule has 1 unspecified atom stereocenters. The van der Waals surface area contributed by atoms with Crippen LogP contribution >= 0.6 is 0 Å².